The van der Waals surface area contributed by atoms with Gasteiger partial charge in [-0.05, 0) is 0 Å². The summed E-state index contributed by atoms with van der Waals surface area (Å²) in [6.45, 7) is 0.527. The highest BCUT2D eigenvalue weighted by Gasteiger charge is 2.01. The SMILES string of the molecule is O=C1N[14CH2]NN1. The van der Waals surface area contributed by atoms with Crippen molar-refractivity contribution in [1.82, 2.24) is 16.2 Å². The summed E-state index contributed by atoms with van der Waals surface area (Å²) >= 11 is 0. The molecule has 4 heteroatoms. The maximum atomic E-state index is 9.96. The third kappa shape index (κ3) is 0.414. The van der Waals surface area contributed by atoms with Crippen LogP contribution in [0.4, 0.5) is 4.79 Å². The third-order valence-electron chi connectivity index (χ3n) is 0.539. The lowest BCUT2D eigenvalue weighted by Gasteiger charge is -1.80. The first kappa shape index (κ1) is 3.42. The molecule has 6 heavy (non-hydrogen) atoms. The number of hydrogen-bond donors (Lipinski definition) is 3. The second-order valence-corrected chi connectivity index (χ2v) is 0.984. The monoisotopic (exact) mass is 89.0 g/mol. The number of nitrogens with one attached hydrogen (secondary N) is 3. The molecule has 3 N–H and O–H groups in total. The quantitative estimate of drug-likeness (QED) is 0.347. The molecular formula is C2H5N3O. The molecule has 1 fully saturated rings. The summed E-state index contributed by atoms with van der Waals surface area (Å²) in [5.74, 6) is 0. The van der Waals surface area contributed by atoms with E-state index in [1.165, 1.54) is 0 Å². The van der Waals surface area contributed by atoms with Crippen molar-refractivity contribution in [3.05, 3.63) is 0 Å². The van der Waals surface area contributed by atoms with Gasteiger partial charge in [0.1, 0.15) is 0 Å². The Bertz CT molecular complexity index is 63.2. The zero-order valence-electron chi connectivity index (χ0n) is 3.12. The summed E-state index contributed by atoms with van der Waals surface area (Å²) in [7, 11) is 0. The van der Waals surface area contributed by atoms with Crippen LogP contribution < -0.4 is 16.2 Å². The number of urea groups is 1. The molecule has 1 heterocycles. The van der Waals surface area contributed by atoms with E-state index in [2.05, 4.69) is 16.2 Å². The average Bonchev–Trinajstić information content (AvgIpc) is 1.86. The van der Waals surface area contributed by atoms with Crippen molar-refractivity contribution < 1.29 is 4.79 Å². The van der Waals surface area contributed by atoms with Crippen LogP contribution in [0.3, 0.4) is 0 Å². The Kier molecular flexibility index (Phi) is 0.648. The summed E-state index contributed by atoms with van der Waals surface area (Å²) < 4.78 is 0. The minimum atomic E-state index is -0.157. The predicted molar refractivity (Wildman–Crippen MR) is 19.7 cm³/mol. The van der Waals surface area contributed by atoms with Gasteiger partial charge < -0.3 is 5.32 Å². The Balaban J connectivity index is 2.37. The van der Waals surface area contributed by atoms with Gasteiger partial charge >= 0.3 is 6.03 Å². The lowest BCUT2D eigenvalue weighted by atomic mass is 11.1. The van der Waals surface area contributed by atoms with Gasteiger partial charge in [-0.2, -0.15) is 0 Å². The van der Waals surface area contributed by atoms with Gasteiger partial charge in [-0.25, -0.2) is 10.2 Å². The number of carbonyl (C=O) groups excluding carboxylic acids is 1. The van der Waals surface area contributed by atoms with Gasteiger partial charge in [0, 0.05) is 0 Å². The van der Waals surface area contributed by atoms with Crippen LogP contribution in [-0.2, 0) is 0 Å². The molecule has 0 spiro atoms. The van der Waals surface area contributed by atoms with E-state index < -0.39 is 0 Å². The van der Waals surface area contributed by atoms with Gasteiger partial charge in [0.2, 0.25) is 0 Å². The first-order valence-corrected chi connectivity index (χ1v) is 1.66. The Labute approximate surface area is 34.9 Å². The molecule has 0 aliphatic carbocycles. The molecule has 0 aromatic rings. The fraction of sp³-hybridized carbons (Fsp3) is 0.500. The summed E-state index contributed by atoms with van der Waals surface area (Å²) in [4.78, 5) is 9.96. The maximum absolute atomic E-state index is 9.96. The molecule has 0 unspecified atom stereocenters. The Morgan fingerprint density at radius 3 is 2.67 bits per heavy atom. The minimum Gasteiger partial charge on any atom is -0.323 e. The van der Waals surface area contributed by atoms with Gasteiger partial charge in [-0.15, -0.1) is 0 Å². The largest absolute Gasteiger partial charge is 0.330 e. The van der Waals surface area contributed by atoms with E-state index in [1.807, 2.05) is 0 Å². The van der Waals surface area contributed by atoms with Crippen LogP contribution in [0.15, 0.2) is 0 Å². The second-order valence-electron chi connectivity index (χ2n) is 0.984. The predicted octanol–water partition coefficient (Wildman–Crippen LogP) is -1.24. The van der Waals surface area contributed by atoms with Gasteiger partial charge in [-0.3, -0.25) is 5.43 Å². The van der Waals surface area contributed by atoms with Crippen molar-refractivity contribution in [1.29, 1.82) is 0 Å². The molecule has 0 atom stereocenters. The first-order chi connectivity index (χ1) is 2.89. The standard InChI is InChI=1S/C2H5N3O/c6-2-3-1-4-5-2/h4H,1H2,(H2,3,5,6)/i1+2. The maximum Gasteiger partial charge on any atom is 0.330 e. The summed E-state index contributed by atoms with van der Waals surface area (Å²) in [6, 6.07) is -0.157. The molecule has 0 bridgehead atoms. The second kappa shape index (κ2) is 1.14. The van der Waals surface area contributed by atoms with Gasteiger partial charge in [0.25, 0.3) is 0 Å². The van der Waals surface area contributed by atoms with Crippen LogP contribution in [0, 0.1) is 0 Å². The molecule has 4 nitrogen and oxygen atoms in total. The van der Waals surface area contributed by atoms with E-state index in [0.29, 0.717) is 6.67 Å². The fourth-order valence-corrected chi connectivity index (χ4v) is 0.293. The molecule has 1 aliphatic heterocycles. The molecular weight excluding hydrogens is 84.0 g/mol. The fourth-order valence-electron chi connectivity index (χ4n) is 0.293. The highest BCUT2D eigenvalue weighted by Crippen LogP contribution is 1.62. The molecule has 1 aliphatic rings. The number of amides is 2. The summed E-state index contributed by atoms with van der Waals surface area (Å²) in [5.41, 5.74) is 4.88. The minimum absolute atomic E-state index is 0.157. The zero-order valence-corrected chi connectivity index (χ0v) is 3.12. The molecule has 2 amide bonds. The zero-order chi connectivity index (χ0) is 4.41. The molecule has 0 saturated carbocycles. The number of rotatable bonds is 0. The molecule has 0 radical (unpaired) electrons. The van der Waals surface area contributed by atoms with E-state index in [1.54, 1.807) is 0 Å². The van der Waals surface area contributed by atoms with Crippen LogP contribution >= 0.6 is 0 Å². The highest BCUT2D eigenvalue weighted by molar-refractivity contribution is 5.74. The molecule has 1 saturated heterocycles. The topological polar surface area (TPSA) is 53.2 Å². The van der Waals surface area contributed by atoms with Crippen molar-refractivity contribution >= 4 is 6.03 Å². The van der Waals surface area contributed by atoms with E-state index in [0.717, 1.165) is 0 Å². The highest BCUT2D eigenvalue weighted by atomic mass is 16.2. The van der Waals surface area contributed by atoms with Crippen molar-refractivity contribution in [3.63, 3.8) is 0 Å². The van der Waals surface area contributed by atoms with Gasteiger partial charge in [-0.1, -0.05) is 0 Å². The summed E-state index contributed by atoms with van der Waals surface area (Å²) in [5, 5.41) is 2.46. The molecule has 34 valence electrons. The van der Waals surface area contributed by atoms with Crippen molar-refractivity contribution in [2.24, 2.45) is 0 Å². The van der Waals surface area contributed by atoms with Crippen molar-refractivity contribution in [3.8, 4) is 0 Å². The lowest BCUT2D eigenvalue weighted by molar-refractivity contribution is 0.247. The van der Waals surface area contributed by atoms with Crippen LogP contribution in [0.2, 0.25) is 0 Å². The first-order valence-electron chi connectivity index (χ1n) is 1.66. The van der Waals surface area contributed by atoms with E-state index in [9.17, 15) is 4.79 Å². The molecule has 0 aromatic carbocycles. The number of carbonyl (C=O) groups is 1. The van der Waals surface area contributed by atoms with E-state index >= 15 is 0 Å². The Hall–Kier alpha value is -0.770. The summed E-state index contributed by atoms with van der Waals surface area (Å²) in [6.07, 6.45) is 0. The van der Waals surface area contributed by atoms with Crippen LogP contribution in [-0.4, -0.2) is 12.7 Å². The van der Waals surface area contributed by atoms with Crippen LogP contribution in [0.25, 0.3) is 0 Å². The lowest BCUT2D eigenvalue weighted by Crippen LogP contribution is -2.25. The number of hydrazine groups is 1. The van der Waals surface area contributed by atoms with Crippen LogP contribution in [0.1, 0.15) is 0 Å². The van der Waals surface area contributed by atoms with E-state index in [-0.39, 0.29) is 6.03 Å². The Morgan fingerprint density at radius 1 is 1.67 bits per heavy atom. The smallest absolute Gasteiger partial charge is 0.323 e. The van der Waals surface area contributed by atoms with Crippen molar-refractivity contribution in [2.45, 2.75) is 0 Å². The third-order valence-corrected chi connectivity index (χ3v) is 0.539. The van der Waals surface area contributed by atoms with Gasteiger partial charge in [0.15, 0.2) is 0 Å². The van der Waals surface area contributed by atoms with Crippen molar-refractivity contribution in [2.75, 3.05) is 6.67 Å². The average molecular weight is 89.1 g/mol. The van der Waals surface area contributed by atoms with Crippen LogP contribution in [0.5, 0.6) is 0 Å². The molecule has 0 aromatic heterocycles. The van der Waals surface area contributed by atoms with Gasteiger partial charge in [0.05, 0.1) is 6.67 Å². The molecule has 1 rings (SSSR count). The normalized spacial score (nSPS) is 19.7. The Morgan fingerprint density at radius 2 is 2.50 bits per heavy atom. The number of hydrogen-bond acceptors (Lipinski definition) is 2. The van der Waals surface area contributed by atoms with E-state index in [4.69, 9.17) is 0 Å².